The third kappa shape index (κ3) is 12.4. The molecule has 3 rings (SSSR count). The molecule has 2 aromatic rings. The third-order valence-electron chi connectivity index (χ3n) is 5.89. The van der Waals surface area contributed by atoms with Crippen molar-refractivity contribution in [1.29, 1.82) is 0 Å². The van der Waals surface area contributed by atoms with E-state index in [0.717, 1.165) is 17.3 Å². The molecule has 5 atom stereocenters. The molecular weight excluding hydrogens is 646 g/mol. The van der Waals surface area contributed by atoms with Crippen molar-refractivity contribution in [2.45, 2.75) is 58.0 Å². The van der Waals surface area contributed by atoms with Crippen LogP contribution in [0.1, 0.15) is 42.9 Å². The molecule has 1 aliphatic rings. The monoisotopic (exact) mass is 681 g/mol. The predicted molar refractivity (Wildman–Crippen MR) is 152 cm³/mol. The molecule has 1 amide bonds. The molecule has 0 bridgehead atoms. The van der Waals surface area contributed by atoms with Crippen LogP contribution in [0.25, 0.3) is 0 Å². The fourth-order valence-electron chi connectivity index (χ4n) is 3.50. The Morgan fingerprint density at radius 1 is 1.09 bits per heavy atom. The van der Waals surface area contributed by atoms with E-state index in [4.69, 9.17) is 29.4 Å². The molecule has 13 nitrogen and oxygen atoms in total. The number of nitrogens with zero attached hydrogens (tertiary/aromatic N) is 1. The molecule has 2 heterocycles. The number of hydrogen-bond donors (Lipinski definition) is 4. The highest BCUT2D eigenvalue weighted by atomic mass is 32.2. The zero-order chi connectivity index (χ0) is 34.0. The SMILES string of the molecule is CC(C)(C)C(=O)SCCOP(=O)(NCc1ccccc1)OCC1OC([n+]2cccc(C(N)=O)c2)C(O)C1O.O=C([O-])C(F)(F)F. The number of alkyl halides is 3. The van der Waals surface area contributed by atoms with Gasteiger partial charge < -0.3 is 30.6 Å². The summed E-state index contributed by atoms with van der Waals surface area (Å²) < 4.78 is 63.5. The van der Waals surface area contributed by atoms with Crippen LogP contribution in [0.5, 0.6) is 0 Å². The second kappa shape index (κ2) is 16.6. The zero-order valence-corrected chi connectivity index (χ0v) is 26.2. The molecule has 250 valence electrons. The fourth-order valence-corrected chi connectivity index (χ4v) is 5.72. The van der Waals surface area contributed by atoms with Gasteiger partial charge in [-0.1, -0.05) is 62.9 Å². The minimum atomic E-state index is -5.19. The van der Waals surface area contributed by atoms with E-state index in [9.17, 15) is 37.5 Å². The van der Waals surface area contributed by atoms with Gasteiger partial charge in [0.25, 0.3) is 12.1 Å². The summed E-state index contributed by atoms with van der Waals surface area (Å²) in [5, 5.41) is 32.7. The largest absolute Gasteiger partial charge is 0.542 e. The van der Waals surface area contributed by atoms with Crippen LogP contribution in [0.4, 0.5) is 13.2 Å². The molecule has 1 fully saturated rings. The van der Waals surface area contributed by atoms with Crippen molar-refractivity contribution in [1.82, 2.24) is 5.09 Å². The summed E-state index contributed by atoms with van der Waals surface area (Å²) in [4.78, 5) is 32.5. The first-order valence-electron chi connectivity index (χ1n) is 13.3. The van der Waals surface area contributed by atoms with Crippen LogP contribution < -0.4 is 20.5 Å². The Bertz CT molecular complexity index is 1350. The van der Waals surface area contributed by atoms with Gasteiger partial charge in [0.1, 0.15) is 23.7 Å². The van der Waals surface area contributed by atoms with E-state index in [2.05, 4.69) is 5.09 Å². The molecule has 1 aliphatic heterocycles. The number of thioether (sulfide) groups is 1. The Morgan fingerprint density at radius 3 is 2.27 bits per heavy atom. The summed E-state index contributed by atoms with van der Waals surface area (Å²) in [6.07, 6.45) is -7.04. The van der Waals surface area contributed by atoms with Crippen molar-refractivity contribution >= 4 is 36.5 Å². The normalized spacial score (nSPS) is 21.3. The highest BCUT2D eigenvalue weighted by Crippen LogP contribution is 2.45. The Balaban J connectivity index is 0.000000900. The Labute approximate surface area is 261 Å². The van der Waals surface area contributed by atoms with Crippen molar-refractivity contribution in [2.24, 2.45) is 11.1 Å². The minimum absolute atomic E-state index is 0.0190. The molecule has 45 heavy (non-hydrogen) atoms. The topological polar surface area (TPSA) is 201 Å². The number of carboxylic acid groups (broad SMARTS) is 1. The van der Waals surface area contributed by atoms with E-state index in [1.165, 1.54) is 16.8 Å². The number of carbonyl (C=O) groups is 3. The maximum atomic E-state index is 13.5. The van der Waals surface area contributed by atoms with Crippen LogP contribution in [0, 0.1) is 5.41 Å². The number of nitrogens with one attached hydrogen (secondary N) is 1. The molecule has 0 saturated carbocycles. The van der Waals surface area contributed by atoms with Gasteiger partial charge in [-0.2, -0.15) is 17.7 Å². The molecule has 18 heteroatoms. The number of amides is 1. The van der Waals surface area contributed by atoms with Gasteiger partial charge in [-0.25, -0.2) is 9.65 Å². The standard InChI is InChI=1S/C25H34N3O8PS.C2HF3O2/c1-25(2,3)24(32)38-13-12-34-37(33,27-14-17-8-5-4-6-9-17)35-16-19-20(29)21(30)23(36-19)28-11-7-10-18(15-28)22(26)31;3-2(4,5)1(6)7/h4-11,15,19-21,23,29-30H,12-14,16H2,1-3H3,(H2-,26,27,31,33);(H,6,7). The Kier molecular flexibility index (Phi) is 14.1. The number of primary amides is 1. The van der Waals surface area contributed by atoms with Crippen LogP contribution in [-0.4, -0.2) is 70.7 Å². The van der Waals surface area contributed by atoms with E-state index >= 15 is 0 Å². The molecule has 0 spiro atoms. The Hall–Kier alpha value is -2.89. The lowest BCUT2D eigenvalue weighted by molar-refractivity contribution is -0.765. The van der Waals surface area contributed by atoms with E-state index < -0.39 is 55.8 Å². The quantitative estimate of drug-likeness (QED) is 0.142. The number of hydrogen-bond acceptors (Lipinski definition) is 11. The summed E-state index contributed by atoms with van der Waals surface area (Å²) in [6.45, 7) is 5.24. The van der Waals surface area contributed by atoms with Crippen LogP contribution in [0.3, 0.4) is 0 Å². The summed E-state index contributed by atoms with van der Waals surface area (Å²) in [7, 11) is -3.91. The molecule has 1 saturated heterocycles. The maximum Gasteiger partial charge on any atom is 0.430 e. The van der Waals surface area contributed by atoms with E-state index in [1.807, 2.05) is 51.1 Å². The van der Waals surface area contributed by atoms with Gasteiger partial charge in [0.15, 0.2) is 23.6 Å². The zero-order valence-electron chi connectivity index (χ0n) is 24.5. The number of aliphatic hydroxyl groups excluding tert-OH is 2. The van der Waals surface area contributed by atoms with Gasteiger partial charge in [-0.3, -0.25) is 18.6 Å². The number of pyridine rings is 1. The average molecular weight is 682 g/mol. The lowest BCUT2D eigenvalue weighted by Gasteiger charge is -2.22. The van der Waals surface area contributed by atoms with Crippen molar-refractivity contribution in [2.75, 3.05) is 19.0 Å². The first-order valence-corrected chi connectivity index (χ1v) is 15.8. The molecule has 1 aromatic carbocycles. The van der Waals surface area contributed by atoms with Crippen molar-refractivity contribution < 1.29 is 65.8 Å². The maximum absolute atomic E-state index is 13.5. The fraction of sp³-hybridized carbons (Fsp3) is 0.481. The number of benzene rings is 1. The number of halogens is 3. The summed E-state index contributed by atoms with van der Waals surface area (Å²) in [5.74, 6) is -3.39. The van der Waals surface area contributed by atoms with Crippen LogP contribution in [0.15, 0.2) is 54.9 Å². The van der Waals surface area contributed by atoms with Gasteiger partial charge in [-0.15, -0.1) is 0 Å². The van der Waals surface area contributed by atoms with E-state index in [1.54, 1.807) is 12.3 Å². The number of aliphatic hydroxyl groups is 2. The third-order valence-corrected chi connectivity index (χ3v) is 8.69. The van der Waals surface area contributed by atoms with Crippen LogP contribution in [-0.2, 0) is 34.5 Å². The van der Waals surface area contributed by atoms with Crippen LogP contribution >= 0.6 is 19.5 Å². The average Bonchev–Trinajstić information content (AvgIpc) is 3.26. The van der Waals surface area contributed by atoms with Crippen LogP contribution in [0.2, 0.25) is 0 Å². The summed E-state index contributed by atoms with van der Waals surface area (Å²) in [6, 6.07) is 12.3. The Morgan fingerprint density at radius 2 is 1.71 bits per heavy atom. The number of aromatic nitrogens is 1. The molecule has 0 aliphatic carbocycles. The molecule has 5 N–H and O–H groups in total. The first-order chi connectivity index (χ1) is 20.8. The van der Waals surface area contributed by atoms with E-state index in [-0.39, 0.29) is 36.2 Å². The summed E-state index contributed by atoms with van der Waals surface area (Å²) >= 11 is 1.08. The number of nitrogens with two attached hydrogens (primary N) is 1. The van der Waals surface area contributed by atoms with Gasteiger partial charge in [0, 0.05) is 23.8 Å². The van der Waals surface area contributed by atoms with Gasteiger partial charge >= 0.3 is 13.9 Å². The predicted octanol–water partition coefficient (Wildman–Crippen LogP) is 1.23. The number of rotatable bonds is 12. The number of carbonyl (C=O) groups excluding carboxylic acids is 3. The second-order valence-corrected chi connectivity index (χ2v) is 13.5. The highest BCUT2D eigenvalue weighted by Gasteiger charge is 2.49. The summed E-state index contributed by atoms with van der Waals surface area (Å²) in [5.41, 5.74) is 5.85. The highest BCUT2D eigenvalue weighted by molar-refractivity contribution is 8.13. The molecular formula is C27H35F3N3O10PS. The van der Waals surface area contributed by atoms with Crippen molar-refractivity contribution in [3.63, 3.8) is 0 Å². The van der Waals surface area contributed by atoms with Crippen molar-refractivity contribution in [3.8, 4) is 0 Å². The van der Waals surface area contributed by atoms with E-state index in [0.29, 0.717) is 0 Å². The molecule has 1 aromatic heterocycles. The second-order valence-electron chi connectivity index (χ2n) is 10.6. The lowest BCUT2D eigenvalue weighted by atomic mass is 10.00. The first kappa shape index (κ1) is 38.3. The van der Waals surface area contributed by atoms with Gasteiger partial charge in [0.2, 0.25) is 0 Å². The molecule has 0 radical (unpaired) electrons. The minimum Gasteiger partial charge on any atom is -0.542 e. The van der Waals surface area contributed by atoms with Gasteiger partial charge in [0.05, 0.1) is 13.2 Å². The number of carboxylic acids is 1. The lowest BCUT2D eigenvalue weighted by Crippen LogP contribution is -2.46. The molecule has 5 unspecified atom stereocenters. The smallest absolute Gasteiger partial charge is 0.430 e. The van der Waals surface area contributed by atoms with Crippen molar-refractivity contribution in [3.05, 3.63) is 66.0 Å². The number of aliphatic carboxylic acids is 1. The van der Waals surface area contributed by atoms with Gasteiger partial charge in [-0.05, 0) is 11.6 Å². The number of ether oxygens (including phenoxy) is 1.